The van der Waals surface area contributed by atoms with Gasteiger partial charge in [0.25, 0.3) is 0 Å². The van der Waals surface area contributed by atoms with Crippen LogP contribution in [0.1, 0.15) is 79.6 Å². The van der Waals surface area contributed by atoms with Gasteiger partial charge in [0.05, 0.1) is 0 Å². The molecule has 0 aromatic carbocycles. The number of aliphatic carboxylic acids is 1. The van der Waals surface area contributed by atoms with Crippen LogP contribution in [-0.2, 0) is 9.59 Å². The Labute approximate surface area is 141 Å². The number of rotatable bonds is 8. The number of hydrogen-bond donors (Lipinski definition) is 2. The number of carbonyl (C=O) groups is 2. The van der Waals surface area contributed by atoms with Crippen molar-refractivity contribution in [2.45, 2.75) is 85.6 Å². The van der Waals surface area contributed by atoms with Crippen molar-refractivity contribution in [2.75, 3.05) is 0 Å². The van der Waals surface area contributed by atoms with E-state index in [1.54, 1.807) is 0 Å². The van der Waals surface area contributed by atoms with Crippen LogP contribution in [0.15, 0.2) is 0 Å². The van der Waals surface area contributed by atoms with E-state index >= 15 is 0 Å². The molecule has 0 radical (unpaired) electrons. The van der Waals surface area contributed by atoms with Gasteiger partial charge < -0.3 is 10.4 Å². The highest BCUT2D eigenvalue weighted by Gasteiger charge is 2.39. The summed E-state index contributed by atoms with van der Waals surface area (Å²) in [5.74, 6) is 0.361. The molecule has 0 bridgehead atoms. The molecule has 1 unspecified atom stereocenters. The summed E-state index contributed by atoms with van der Waals surface area (Å²) < 4.78 is 0. The van der Waals surface area contributed by atoms with Gasteiger partial charge in [0.1, 0.15) is 6.04 Å². The van der Waals surface area contributed by atoms with Crippen LogP contribution < -0.4 is 5.32 Å². The van der Waals surface area contributed by atoms with E-state index in [-0.39, 0.29) is 11.8 Å². The molecule has 0 spiro atoms. The van der Waals surface area contributed by atoms with Crippen LogP contribution in [0, 0.1) is 23.2 Å². The Kier molecular flexibility index (Phi) is 7.56. The first-order chi connectivity index (χ1) is 10.7. The monoisotopic (exact) mass is 325 g/mol. The van der Waals surface area contributed by atoms with Crippen molar-refractivity contribution in [1.82, 2.24) is 5.32 Å². The Hall–Kier alpha value is -1.06. The van der Waals surface area contributed by atoms with Crippen molar-refractivity contribution in [1.29, 1.82) is 0 Å². The van der Waals surface area contributed by atoms with Crippen molar-refractivity contribution < 1.29 is 14.7 Å². The van der Waals surface area contributed by atoms with Crippen LogP contribution in [0.3, 0.4) is 0 Å². The summed E-state index contributed by atoms with van der Waals surface area (Å²) in [7, 11) is 0. The van der Waals surface area contributed by atoms with Gasteiger partial charge in [-0.1, -0.05) is 53.9 Å². The molecule has 1 atom stereocenters. The van der Waals surface area contributed by atoms with Gasteiger partial charge >= 0.3 is 5.97 Å². The SMILES string of the molecule is CC(C)CCC[C@H]1CC[C@](C)(C(=O)NC(C(=O)O)C(C)C)CC1. The molecule has 1 aliphatic rings. The number of carboxylic acids is 1. The average Bonchev–Trinajstić information content (AvgIpc) is 2.45. The molecular formula is C19H35NO3. The molecule has 0 heterocycles. The molecule has 4 nitrogen and oxygen atoms in total. The Morgan fingerprint density at radius 1 is 1.17 bits per heavy atom. The second-order valence-corrected chi connectivity index (χ2v) is 8.36. The fourth-order valence-electron chi connectivity index (χ4n) is 3.47. The van der Waals surface area contributed by atoms with Gasteiger partial charge in [-0.15, -0.1) is 0 Å². The lowest BCUT2D eigenvalue weighted by atomic mass is 9.70. The molecule has 2 N–H and O–H groups in total. The minimum Gasteiger partial charge on any atom is -0.480 e. The predicted molar refractivity (Wildman–Crippen MR) is 93.2 cm³/mol. The lowest BCUT2D eigenvalue weighted by molar-refractivity contribution is -0.145. The molecule has 0 saturated heterocycles. The first-order valence-electron chi connectivity index (χ1n) is 9.19. The van der Waals surface area contributed by atoms with Crippen molar-refractivity contribution in [3.05, 3.63) is 0 Å². The Bertz CT molecular complexity index is 395. The van der Waals surface area contributed by atoms with E-state index in [0.717, 1.165) is 37.5 Å². The fraction of sp³-hybridized carbons (Fsp3) is 0.895. The topological polar surface area (TPSA) is 66.4 Å². The highest BCUT2D eigenvalue weighted by atomic mass is 16.4. The number of amides is 1. The minimum atomic E-state index is -0.945. The van der Waals surface area contributed by atoms with Crippen LogP contribution in [0.5, 0.6) is 0 Å². The van der Waals surface area contributed by atoms with Crippen molar-refractivity contribution >= 4 is 11.9 Å². The summed E-state index contributed by atoms with van der Waals surface area (Å²) in [5, 5.41) is 12.0. The zero-order chi connectivity index (χ0) is 17.6. The average molecular weight is 325 g/mol. The molecule has 1 amide bonds. The standard InChI is InChI=1S/C19H35NO3/c1-13(2)7-6-8-15-9-11-19(5,12-10-15)18(23)20-16(14(3)4)17(21)22/h13-16H,6-12H2,1-5H3,(H,20,23)(H,21,22)/t15-,16?,19-. The summed E-state index contributed by atoms with van der Waals surface area (Å²) in [6, 6.07) is -0.789. The third-order valence-electron chi connectivity index (χ3n) is 5.37. The van der Waals surface area contributed by atoms with Crippen LogP contribution in [0.25, 0.3) is 0 Å². The molecule has 1 saturated carbocycles. The molecule has 1 fully saturated rings. The lowest BCUT2D eigenvalue weighted by Crippen LogP contribution is -2.50. The van der Waals surface area contributed by atoms with E-state index in [1.165, 1.54) is 19.3 Å². The molecule has 0 aliphatic heterocycles. The predicted octanol–water partition coefficient (Wildman–Crippen LogP) is 4.23. The van der Waals surface area contributed by atoms with Gasteiger partial charge in [-0.05, 0) is 43.4 Å². The first-order valence-corrected chi connectivity index (χ1v) is 9.19. The maximum absolute atomic E-state index is 12.6. The highest BCUT2D eigenvalue weighted by molar-refractivity contribution is 5.87. The Morgan fingerprint density at radius 2 is 1.74 bits per heavy atom. The minimum absolute atomic E-state index is 0.0840. The van der Waals surface area contributed by atoms with Gasteiger partial charge in [0, 0.05) is 5.41 Å². The summed E-state index contributed by atoms with van der Waals surface area (Å²) in [4.78, 5) is 23.8. The molecule has 23 heavy (non-hydrogen) atoms. The molecular weight excluding hydrogens is 290 g/mol. The van der Waals surface area contributed by atoms with E-state index in [1.807, 2.05) is 20.8 Å². The zero-order valence-corrected chi connectivity index (χ0v) is 15.5. The Balaban J connectivity index is 2.48. The Morgan fingerprint density at radius 3 is 2.17 bits per heavy atom. The van der Waals surface area contributed by atoms with E-state index in [4.69, 9.17) is 0 Å². The van der Waals surface area contributed by atoms with Crippen LogP contribution >= 0.6 is 0 Å². The van der Waals surface area contributed by atoms with Crippen LogP contribution in [0.4, 0.5) is 0 Å². The normalized spacial score (nSPS) is 26.3. The second kappa shape index (κ2) is 8.70. The fourth-order valence-corrected chi connectivity index (χ4v) is 3.47. The van der Waals surface area contributed by atoms with Gasteiger partial charge in [-0.25, -0.2) is 4.79 Å². The molecule has 1 rings (SSSR count). The van der Waals surface area contributed by atoms with E-state index in [2.05, 4.69) is 19.2 Å². The van der Waals surface area contributed by atoms with Gasteiger partial charge in [-0.3, -0.25) is 4.79 Å². The summed E-state index contributed by atoms with van der Waals surface area (Å²) in [5.41, 5.74) is -0.406. The number of carbonyl (C=O) groups excluding carboxylic acids is 1. The van der Waals surface area contributed by atoms with Gasteiger partial charge in [0.2, 0.25) is 5.91 Å². The molecule has 0 aromatic rings. The number of hydrogen-bond acceptors (Lipinski definition) is 2. The van der Waals surface area contributed by atoms with Crippen molar-refractivity contribution in [3.8, 4) is 0 Å². The summed E-state index contributed by atoms with van der Waals surface area (Å²) >= 11 is 0. The number of carboxylic acid groups (broad SMARTS) is 1. The lowest BCUT2D eigenvalue weighted by Gasteiger charge is -2.37. The van der Waals surface area contributed by atoms with E-state index in [9.17, 15) is 14.7 Å². The van der Waals surface area contributed by atoms with Crippen molar-refractivity contribution in [3.63, 3.8) is 0 Å². The maximum Gasteiger partial charge on any atom is 0.326 e. The molecule has 1 aliphatic carbocycles. The third kappa shape index (κ3) is 6.15. The second-order valence-electron chi connectivity index (χ2n) is 8.36. The quantitative estimate of drug-likeness (QED) is 0.701. The van der Waals surface area contributed by atoms with Gasteiger partial charge in [0.15, 0.2) is 0 Å². The summed E-state index contributed by atoms with van der Waals surface area (Å²) in [6.07, 6.45) is 7.73. The highest BCUT2D eigenvalue weighted by Crippen LogP contribution is 2.40. The zero-order valence-electron chi connectivity index (χ0n) is 15.5. The van der Waals surface area contributed by atoms with Crippen LogP contribution in [0.2, 0.25) is 0 Å². The van der Waals surface area contributed by atoms with E-state index < -0.39 is 17.4 Å². The van der Waals surface area contributed by atoms with Gasteiger partial charge in [-0.2, -0.15) is 0 Å². The summed E-state index contributed by atoms with van der Waals surface area (Å²) in [6.45, 7) is 10.2. The van der Waals surface area contributed by atoms with Crippen LogP contribution in [-0.4, -0.2) is 23.0 Å². The smallest absolute Gasteiger partial charge is 0.326 e. The number of nitrogens with one attached hydrogen (secondary N) is 1. The molecule has 134 valence electrons. The van der Waals surface area contributed by atoms with Crippen molar-refractivity contribution in [2.24, 2.45) is 23.2 Å². The largest absolute Gasteiger partial charge is 0.480 e. The first kappa shape index (κ1) is 20.0. The third-order valence-corrected chi connectivity index (χ3v) is 5.37. The van der Waals surface area contributed by atoms with E-state index in [0.29, 0.717) is 0 Å². The molecule has 0 aromatic heterocycles. The maximum atomic E-state index is 12.6. The molecule has 4 heteroatoms.